The summed E-state index contributed by atoms with van der Waals surface area (Å²) < 4.78 is 1.91. The molecule has 3 aromatic rings. The minimum atomic E-state index is -0.177. The zero-order valence-electron chi connectivity index (χ0n) is 17.6. The molecule has 0 unspecified atom stereocenters. The van der Waals surface area contributed by atoms with Crippen LogP contribution in [0.1, 0.15) is 49.7 Å². The van der Waals surface area contributed by atoms with Crippen LogP contribution in [0.3, 0.4) is 0 Å². The van der Waals surface area contributed by atoms with Crippen molar-refractivity contribution in [3.05, 3.63) is 82.2 Å². The van der Waals surface area contributed by atoms with Gasteiger partial charge in [0.1, 0.15) is 0 Å². The summed E-state index contributed by atoms with van der Waals surface area (Å²) in [7, 11) is 3.45. The van der Waals surface area contributed by atoms with Crippen LogP contribution in [0.25, 0.3) is 5.69 Å². The van der Waals surface area contributed by atoms with Gasteiger partial charge in [0.25, 0.3) is 11.8 Å². The molecular weight excluding hydrogens is 376 g/mol. The van der Waals surface area contributed by atoms with Gasteiger partial charge in [0.05, 0.1) is 5.69 Å². The van der Waals surface area contributed by atoms with Crippen molar-refractivity contribution in [1.29, 1.82) is 0 Å². The minimum absolute atomic E-state index is 0.0576. The number of aromatic nitrogens is 2. The van der Waals surface area contributed by atoms with Gasteiger partial charge in [0.2, 0.25) is 0 Å². The van der Waals surface area contributed by atoms with E-state index in [1.165, 1.54) is 5.56 Å². The van der Waals surface area contributed by atoms with Crippen molar-refractivity contribution in [1.82, 2.24) is 20.0 Å². The number of amides is 2. The zero-order valence-corrected chi connectivity index (χ0v) is 17.6. The lowest BCUT2D eigenvalue weighted by Crippen LogP contribution is -2.25. The number of fused-ring (bicyclic) bond motifs is 1. The van der Waals surface area contributed by atoms with Gasteiger partial charge in [-0.3, -0.25) is 9.59 Å². The third kappa shape index (κ3) is 3.85. The van der Waals surface area contributed by atoms with Crippen LogP contribution in [0.15, 0.2) is 48.5 Å². The normalized spacial score (nSPS) is 12.5. The first-order chi connectivity index (χ1) is 14.4. The van der Waals surface area contributed by atoms with E-state index >= 15 is 0 Å². The van der Waals surface area contributed by atoms with Crippen molar-refractivity contribution in [2.24, 2.45) is 0 Å². The maximum absolute atomic E-state index is 12.9. The summed E-state index contributed by atoms with van der Waals surface area (Å²) in [6.45, 7) is 2.40. The molecule has 1 aliphatic carbocycles. The Labute approximate surface area is 176 Å². The van der Waals surface area contributed by atoms with E-state index in [-0.39, 0.29) is 11.8 Å². The Kier molecular flexibility index (Phi) is 5.40. The van der Waals surface area contributed by atoms with E-state index < -0.39 is 0 Å². The average molecular weight is 402 g/mol. The number of nitrogens with one attached hydrogen (secondary N) is 1. The van der Waals surface area contributed by atoms with Crippen molar-refractivity contribution in [2.45, 2.75) is 32.7 Å². The fourth-order valence-electron chi connectivity index (χ4n) is 3.86. The monoisotopic (exact) mass is 402 g/mol. The molecule has 0 aliphatic heterocycles. The number of hydrogen-bond acceptors (Lipinski definition) is 3. The molecule has 0 spiro atoms. The topological polar surface area (TPSA) is 67.2 Å². The SMILES string of the molecule is Cc1ccc(-n2nc(C(=O)NCc3cccc(C(=O)N(C)C)c3)c3c2CCC3)cc1. The second-order valence-corrected chi connectivity index (χ2v) is 7.96. The number of rotatable bonds is 5. The summed E-state index contributed by atoms with van der Waals surface area (Å²) in [5.41, 5.74) is 6.33. The number of benzene rings is 2. The Balaban J connectivity index is 1.54. The van der Waals surface area contributed by atoms with Gasteiger partial charge in [-0.1, -0.05) is 29.8 Å². The van der Waals surface area contributed by atoms with E-state index in [1.807, 2.05) is 35.0 Å². The quantitative estimate of drug-likeness (QED) is 0.712. The zero-order chi connectivity index (χ0) is 21.3. The molecule has 4 rings (SSSR count). The van der Waals surface area contributed by atoms with Gasteiger partial charge in [0.15, 0.2) is 5.69 Å². The molecule has 0 bridgehead atoms. The Hall–Kier alpha value is -3.41. The van der Waals surface area contributed by atoms with Gasteiger partial charge in [-0.15, -0.1) is 0 Å². The van der Waals surface area contributed by atoms with Crippen LogP contribution in [-0.2, 0) is 19.4 Å². The lowest BCUT2D eigenvalue weighted by Gasteiger charge is -2.11. The predicted octanol–water partition coefficient (Wildman–Crippen LogP) is 3.30. The van der Waals surface area contributed by atoms with Crippen molar-refractivity contribution in [2.75, 3.05) is 14.1 Å². The fraction of sp³-hybridized carbons (Fsp3) is 0.292. The van der Waals surface area contributed by atoms with Crippen molar-refractivity contribution < 1.29 is 9.59 Å². The summed E-state index contributed by atoms with van der Waals surface area (Å²) in [4.78, 5) is 26.7. The van der Waals surface area contributed by atoms with Gasteiger partial charge < -0.3 is 10.2 Å². The second-order valence-electron chi connectivity index (χ2n) is 7.96. The molecule has 0 radical (unpaired) electrons. The molecule has 2 aromatic carbocycles. The summed E-state index contributed by atoms with van der Waals surface area (Å²) in [5, 5.41) is 7.63. The molecule has 1 aliphatic rings. The van der Waals surface area contributed by atoms with Gasteiger partial charge >= 0.3 is 0 Å². The molecule has 2 amide bonds. The maximum Gasteiger partial charge on any atom is 0.272 e. The van der Waals surface area contributed by atoms with Crippen molar-refractivity contribution >= 4 is 11.8 Å². The van der Waals surface area contributed by atoms with Crippen LogP contribution in [0.4, 0.5) is 0 Å². The van der Waals surface area contributed by atoms with Crippen LogP contribution in [0, 0.1) is 6.92 Å². The summed E-state index contributed by atoms with van der Waals surface area (Å²) >= 11 is 0. The first kappa shape index (κ1) is 19.9. The minimum Gasteiger partial charge on any atom is -0.347 e. The lowest BCUT2D eigenvalue weighted by atomic mass is 10.1. The van der Waals surface area contributed by atoms with E-state index in [9.17, 15) is 9.59 Å². The van der Waals surface area contributed by atoms with E-state index in [0.29, 0.717) is 17.8 Å². The van der Waals surface area contributed by atoms with Gasteiger partial charge in [-0.05, 0) is 56.0 Å². The second kappa shape index (κ2) is 8.14. The Bertz CT molecular complexity index is 1100. The highest BCUT2D eigenvalue weighted by Gasteiger charge is 2.26. The third-order valence-electron chi connectivity index (χ3n) is 5.46. The molecule has 1 N–H and O–H groups in total. The fourth-order valence-corrected chi connectivity index (χ4v) is 3.86. The molecule has 1 heterocycles. The number of carbonyl (C=O) groups excluding carboxylic acids is 2. The largest absolute Gasteiger partial charge is 0.347 e. The molecule has 0 saturated heterocycles. The Morgan fingerprint density at radius 1 is 1.10 bits per heavy atom. The smallest absolute Gasteiger partial charge is 0.272 e. The summed E-state index contributed by atoms with van der Waals surface area (Å²) in [6, 6.07) is 15.5. The highest BCUT2D eigenvalue weighted by Crippen LogP contribution is 2.28. The Morgan fingerprint density at radius 2 is 1.87 bits per heavy atom. The van der Waals surface area contributed by atoms with Gasteiger partial charge in [0, 0.05) is 37.5 Å². The van der Waals surface area contributed by atoms with E-state index in [4.69, 9.17) is 0 Å². The molecule has 0 saturated carbocycles. The van der Waals surface area contributed by atoms with E-state index in [0.717, 1.165) is 41.8 Å². The van der Waals surface area contributed by atoms with Gasteiger partial charge in [-0.2, -0.15) is 5.10 Å². The molecule has 0 atom stereocenters. The molecule has 6 nitrogen and oxygen atoms in total. The lowest BCUT2D eigenvalue weighted by molar-refractivity contribution is 0.0827. The van der Waals surface area contributed by atoms with Gasteiger partial charge in [-0.25, -0.2) is 4.68 Å². The Morgan fingerprint density at radius 3 is 2.60 bits per heavy atom. The highest BCUT2D eigenvalue weighted by atomic mass is 16.2. The molecule has 6 heteroatoms. The van der Waals surface area contributed by atoms with E-state index in [2.05, 4.69) is 29.5 Å². The first-order valence-corrected chi connectivity index (χ1v) is 10.2. The maximum atomic E-state index is 12.9. The molecular formula is C24H26N4O2. The molecule has 154 valence electrons. The van der Waals surface area contributed by atoms with Crippen LogP contribution < -0.4 is 5.32 Å². The van der Waals surface area contributed by atoms with Crippen LogP contribution in [-0.4, -0.2) is 40.6 Å². The summed E-state index contributed by atoms with van der Waals surface area (Å²) in [5.74, 6) is -0.235. The van der Waals surface area contributed by atoms with Crippen LogP contribution in [0.5, 0.6) is 0 Å². The molecule has 0 fully saturated rings. The predicted molar refractivity (Wildman–Crippen MR) is 116 cm³/mol. The molecule has 30 heavy (non-hydrogen) atoms. The van der Waals surface area contributed by atoms with Crippen LogP contribution in [0.2, 0.25) is 0 Å². The molecule has 1 aromatic heterocycles. The number of aryl methyl sites for hydroxylation is 1. The highest BCUT2D eigenvalue weighted by molar-refractivity contribution is 5.95. The number of carbonyl (C=O) groups is 2. The first-order valence-electron chi connectivity index (χ1n) is 10.2. The average Bonchev–Trinajstić information content (AvgIpc) is 3.35. The van der Waals surface area contributed by atoms with E-state index in [1.54, 1.807) is 25.1 Å². The van der Waals surface area contributed by atoms with Crippen LogP contribution >= 0.6 is 0 Å². The number of hydrogen-bond donors (Lipinski definition) is 1. The summed E-state index contributed by atoms with van der Waals surface area (Å²) in [6.07, 6.45) is 2.84. The third-order valence-corrected chi connectivity index (χ3v) is 5.46. The number of nitrogens with zero attached hydrogens (tertiary/aromatic N) is 3. The standard InChI is InChI=1S/C24H26N4O2/c1-16-10-12-19(13-11-16)28-21-9-5-8-20(21)22(26-28)23(29)25-15-17-6-4-7-18(14-17)24(30)27(2)3/h4,6-7,10-14H,5,8-9,15H2,1-3H3,(H,25,29). The van der Waals surface area contributed by atoms with Crippen molar-refractivity contribution in [3.8, 4) is 5.69 Å². The van der Waals surface area contributed by atoms with Crippen molar-refractivity contribution in [3.63, 3.8) is 0 Å².